The molecule has 0 radical (unpaired) electrons. The van der Waals surface area contributed by atoms with E-state index in [2.05, 4.69) is 0 Å². The van der Waals surface area contributed by atoms with Gasteiger partial charge in [-0.2, -0.15) is 0 Å². The van der Waals surface area contributed by atoms with Crippen molar-refractivity contribution in [3.05, 3.63) is 64.8 Å². The van der Waals surface area contributed by atoms with Gasteiger partial charge in [-0.15, -0.1) is 0 Å². The fourth-order valence-corrected chi connectivity index (χ4v) is 6.79. The van der Waals surface area contributed by atoms with Gasteiger partial charge < -0.3 is 24.4 Å². The fraction of sp³-hybridized carbons (Fsp3) is 0.515. The van der Waals surface area contributed by atoms with Crippen LogP contribution >= 0.6 is 0 Å². The summed E-state index contributed by atoms with van der Waals surface area (Å²) in [5, 5.41) is 23.1. The molecule has 0 spiro atoms. The van der Waals surface area contributed by atoms with Crippen LogP contribution < -0.4 is 0 Å². The summed E-state index contributed by atoms with van der Waals surface area (Å²) >= 11 is 0. The lowest BCUT2D eigenvalue weighted by molar-refractivity contribution is -0.163. The second-order valence-electron chi connectivity index (χ2n) is 12.4. The molecule has 0 amide bonds. The number of hydrogen-bond donors (Lipinski definition) is 2. The second kappa shape index (κ2) is 12.0. The molecule has 0 heterocycles. The van der Waals surface area contributed by atoms with E-state index in [9.17, 15) is 29.4 Å². The Balaban J connectivity index is 1.80. The first-order valence-corrected chi connectivity index (χ1v) is 14.3. The molecular formula is C33H40O9. The molecule has 9 heteroatoms. The topological polar surface area (TPSA) is 136 Å². The summed E-state index contributed by atoms with van der Waals surface area (Å²) < 4.78 is 17.1. The van der Waals surface area contributed by atoms with Crippen LogP contribution in [0.2, 0.25) is 0 Å². The minimum Gasteiger partial charge on any atom is -0.458 e. The Morgan fingerprint density at radius 1 is 0.929 bits per heavy atom. The number of fused-ring (bicyclic) bond motifs is 4. The van der Waals surface area contributed by atoms with Crippen molar-refractivity contribution in [2.75, 3.05) is 0 Å². The lowest BCUT2D eigenvalue weighted by Crippen LogP contribution is -2.56. The lowest BCUT2D eigenvalue weighted by atomic mass is 9.57. The van der Waals surface area contributed by atoms with Gasteiger partial charge >= 0.3 is 17.9 Å². The molecule has 1 aromatic carbocycles. The summed E-state index contributed by atoms with van der Waals surface area (Å²) in [7, 11) is 0. The van der Waals surface area contributed by atoms with Crippen molar-refractivity contribution in [2.24, 2.45) is 16.7 Å². The number of ketones is 1. The van der Waals surface area contributed by atoms with Crippen LogP contribution in [0, 0.1) is 16.7 Å². The highest BCUT2D eigenvalue weighted by Gasteiger charge is 2.57. The Morgan fingerprint density at radius 3 is 2.19 bits per heavy atom. The van der Waals surface area contributed by atoms with Crippen LogP contribution in [0.25, 0.3) is 6.08 Å². The van der Waals surface area contributed by atoms with Crippen molar-refractivity contribution in [1.29, 1.82) is 0 Å². The quantitative estimate of drug-likeness (QED) is 0.230. The highest BCUT2D eigenvalue weighted by Crippen LogP contribution is 2.53. The predicted octanol–water partition coefficient (Wildman–Crippen LogP) is 3.87. The summed E-state index contributed by atoms with van der Waals surface area (Å²) in [6.45, 7) is 9.53. The van der Waals surface area contributed by atoms with Gasteiger partial charge in [0.05, 0.1) is 17.6 Å². The molecule has 9 nitrogen and oxygen atoms in total. The van der Waals surface area contributed by atoms with Crippen LogP contribution in [0.15, 0.2) is 59.2 Å². The third-order valence-corrected chi connectivity index (χ3v) is 9.08. The van der Waals surface area contributed by atoms with Gasteiger partial charge in [0, 0.05) is 32.3 Å². The van der Waals surface area contributed by atoms with Crippen molar-refractivity contribution in [3.63, 3.8) is 0 Å². The standard InChI is InChI=1S/C33H40O9/c1-18-25(40-19(2)34)15-23-24(36)14-22-17-33(6,31(39)30(41-20(3)35)29(18)32(23,4)5)27(37)16-26(22)42-28(38)13-12-21-10-8-7-9-11-21/h7-14,23-27,30,36-37H,15-17H2,1-6H3/b13-12+,22-14+/t23-,24?,25?,26?,27?,30?,33-/m0/s1. The SMILES string of the molecule is CC(=O)OC1C[C@H]2C(O)/C=C3\C[C@](C)(C(=O)C(OC(C)=O)C(=C1C)C2(C)C)C(O)CC3OC(=O)/C=C/c1ccccc1. The number of hydrogen-bond acceptors (Lipinski definition) is 9. The number of ether oxygens (including phenoxy) is 3. The summed E-state index contributed by atoms with van der Waals surface area (Å²) in [4.78, 5) is 51.6. The molecule has 1 fully saturated rings. The van der Waals surface area contributed by atoms with E-state index in [1.165, 1.54) is 19.9 Å². The van der Waals surface area contributed by atoms with Crippen molar-refractivity contribution in [2.45, 2.75) is 91.3 Å². The zero-order valence-electron chi connectivity index (χ0n) is 25.0. The van der Waals surface area contributed by atoms with E-state index >= 15 is 0 Å². The number of Topliss-reactive ketones (excluding diaryl/α,β-unsaturated/α-hetero) is 1. The summed E-state index contributed by atoms with van der Waals surface area (Å²) in [5.74, 6) is -2.91. The number of carbonyl (C=O) groups excluding carboxylic acids is 4. The normalized spacial score (nSPS) is 33.8. The van der Waals surface area contributed by atoms with Crippen molar-refractivity contribution in [1.82, 2.24) is 0 Å². The van der Waals surface area contributed by atoms with Crippen LogP contribution in [0.4, 0.5) is 0 Å². The molecule has 0 saturated heterocycles. The van der Waals surface area contributed by atoms with Gasteiger partial charge in [0.15, 0.2) is 11.9 Å². The number of aliphatic hydroxyl groups excluding tert-OH is 2. The largest absolute Gasteiger partial charge is 0.458 e. The van der Waals surface area contributed by atoms with E-state index in [4.69, 9.17) is 14.2 Å². The van der Waals surface area contributed by atoms with Gasteiger partial charge in [-0.25, -0.2) is 4.79 Å². The summed E-state index contributed by atoms with van der Waals surface area (Å²) in [6, 6.07) is 9.23. The first-order valence-electron chi connectivity index (χ1n) is 14.3. The maximum atomic E-state index is 14.4. The molecule has 3 aliphatic rings. The van der Waals surface area contributed by atoms with Crippen molar-refractivity contribution in [3.8, 4) is 0 Å². The third-order valence-electron chi connectivity index (χ3n) is 9.08. The Bertz CT molecular complexity index is 1340. The molecule has 7 atom stereocenters. The third kappa shape index (κ3) is 6.13. The number of benzene rings is 1. The minimum absolute atomic E-state index is 0.0188. The molecule has 4 rings (SSSR count). The molecular weight excluding hydrogens is 540 g/mol. The van der Waals surface area contributed by atoms with Gasteiger partial charge in [-0.1, -0.05) is 50.3 Å². The van der Waals surface area contributed by atoms with E-state index in [1.807, 2.05) is 44.2 Å². The van der Waals surface area contributed by atoms with Gasteiger partial charge in [0.1, 0.15) is 12.2 Å². The van der Waals surface area contributed by atoms with E-state index in [0.717, 1.165) is 5.56 Å². The fourth-order valence-electron chi connectivity index (χ4n) is 6.79. The zero-order valence-corrected chi connectivity index (χ0v) is 25.0. The van der Waals surface area contributed by atoms with Crippen molar-refractivity contribution < 1.29 is 43.6 Å². The van der Waals surface area contributed by atoms with Crippen LogP contribution in [-0.4, -0.2) is 64.4 Å². The van der Waals surface area contributed by atoms with Gasteiger partial charge in [-0.3, -0.25) is 14.4 Å². The average Bonchev–Trinajstić information content (AvgIpc) is 2.90. The Labute approximate surface area is 246 Å². The van der Waals surface area contributed by atoms with Crippen LogP contribution in [0.1, 0.15) is 66.4 Å². The molecule has 5 unspecified atom stereocenters. The van der Waals surface area contributed by atoms with Crippen LogP contribution in [0.5, 0.6) is 0 Å². The molecule has 1 aromatic rings. The molecule has 226 valence electrons. The van der Waals surface area contributed by atoms with Gasteiger partial charge in [0.25, 0.3) is 0 Å². The Hall–Kier alpha value is -3.56. The Kier molecular flexibility index (Phi) is 8.94. The van der Waals surface area contributed by atoms with E-state index < -0.39 is 71.0 Å². The summed E-state index contributed by atoms with van der Waals surface area (Å²) in [5.41, 5.74) is 0.00952. The molecule has 3 aliphatic carbocycles. The number of rotatable bonds is 5. The first kappa shape index (κ1) is 31.4. The smallest absolute Gasteiger partial charge is 0.331 e. The maximum absolute atomic E-state index is 14.4. The second-order valence-corrected chi connectivity index (χ2v) is 12.4. The summed E-state index contributed by atoms with van der Waals surface area (Å²) in [6.07, 6.45) is -0.703. The highest BCUT2D eigenvalue weighted by atomic mass is 16.6. The Morgan fingerprint density at radius 2 is 1.57 bits per heavy atom. The van der Waals surface area contributed by atoms with Crippen molar-refractivity contribution >= 4 is 29.8 Å². The molecule has 1 saturated carbocycles. The minimum atomic E-state index is -1.43. The predicted molar refractivity (Wildman–Crippen MR) is 153 cm³/mol. The molecule has 0 aromatic heterocycles. The lowest BCUT2D eigenvalue weighted by Gasteiger charge is -2.51. The average molecular weight is 581 g/mol. The zero-order chi connectivity index (χ0) is 31.0. The molecule has 0 aliphatic heterocycles. The molecule has 42 heavy (non-hydrogen) atoms. The van der Waals surface area contributed by atoms with Gasteiger partial charge in [0.2, 0.25) is 0 Å². The van der Waals surface area contributed by atoms with Gasteiger partial charge in [-0.05, 0) is 60.5 Å². The molecule has 2 N–H and O–H groups in total. The van der Waals surface area contributed by atoms with Crippen LogP contribution in [0.3, 0.4) is 0 Å². The van der Waals surface area contributed by atoms with Crippen LogP contribution in [-0.2, 0) is 33.4 Å². The van der Waals surface area contributed by atoms with E-state index in [1.54, 1.807) is 26.0 Å². The number of carbonyl (C=O) groups is 4. The maximum Gasteiger partial charge on any atom is 0.331 e. The number of esters is 3. The number of aliphatic hydroxyl groups is 2. The molecule has 4 bridgehead atoms. The van der Waals surface area contributed by atoms with E-state index in [-0.39, 0.29) is 19.3 Å². The monoisotopic (exact) mass is 580 g/mol. The van der Waals surface area contributed by atoms with E-state index in [0.29, 0.717) is 16.7 Å². The highest BCUT2D eigenvalue weighted by molar-refractivity contribution is 5.94. The first-order chi connectivity index (χ1) is 19.6.